The van der Waals surface area contributed by atoms with Crippen LogP contribution in [0.3, 0.4) is 0 Å². The first-order valence-corrected chi connectivity index (χ1v) is 6.22. The first kappa shape index (κ1) is 11.6. The Bertz CT molecular complexity index is 299. The zero-order chi connectivity index (χ0) is 11.2. The Morgan fingerprint density at radius 1 is 1.19 bits per heavy atom. The maximum Gasteiger partial charge on any atom is 0.0716 e. The average Bonchev–Trinajstić information content (AvgIpc) is 2.72. The zero-order valence-electron chi connectivity index (χ0n) is 9.77. The molecule has 2 heteroatoms. The largest absolute Gasteiger partial charge is 0.377 e. The van der Waals surface area contributed by atoms with Gasteiger partial charge >= 0.3 is 0 Å². The van der Waals surface area contributed by atoms with Gasteiger partial charge in [-0.15, -0.1) is 0 Å². The number of nitrogens with two attached hydrogens (primary N) is 1. The number of ether oxygens (including phenoxy) is 1. The van der Waals surface area contributed by atoms with Gasteiger partial charge in [-0.3, -0.25) is 0 Å². The van der Waals surface area contributed by atoms with Crippen molar-refractivity contribution in [1.82, 2.24) is 0 Å². The second kappa shape index (κ2) is 6.02. The van der Waals surface area contributed by atoms with Crippen molar-refractivity contribution >= 4 is 0 Å². The van der Waals surface area contributed by atoms with E-state index in [1.54, 1.807) is 0 Å². The molecule has 2 nitrogen and oxygen atoms in total. The molecule has 0 amide bonds. The summed E-state index contributed by atoms with van der Waals surface area (Å²) in [5, 5.41) is 0. The monoisotopic (exact) mass is 219 g/mol. The summed E-state index contributed by atoms with van der Waals surface area (Å²) in [4.78, 5) is 0. The number of rotatable bonds is 5. The lowest BCUT2D eigenvalue weighted by Crippen LogP contribution is -2.15. The summed E-state index contributed by atoms with van der Waals surface area (Å²) in [6, 6.07) is 10.8. The second-order valence-electron chi connectivity index (χ2n) is 4.77. The third-order valence-electron chi connectivity index (χ3n) is 3.36. The topological polar surface area (TPSA) is 35.2 Å². The molecule has 2 N–H and O–H groups in total. The van der Waals surface area contributed by atoms with Crippen LogP contribution in [0.1, 0.15) is 31.2 Å². The van der Waals surface area contributed by atoms with E-state index in [1.165, 1.54) is 31.2 Å². The Kier molecular flexibility index (Phi) is 4.37. The standard InChI is InChI=1S/C14H21NO/c15-14-7-6-12(10-14)8-9-16-11-13-4-2-1-3-5-13/h1-5,12,14H,6-11,15H2/t12-,14-/m0/s1. The molecule has 0 aliphatic heterocycles. The molecule has 1 aliphatic rings. The summed E-state index contributed by atoms with van der Waals surface area (Å²) < 4.78 is 5.68. The van der Waals surface area contributed by atoms with E-state index >= 15 is 0 Å². The fourth-order valence-corrected chi connectivity index (χ4v) is 2.39. The highest BCUT2D eigenvalue weighted by Gasteiger charge is 2.20. The molecule has 88 valence electrons. The van der Waals surface area contributed by atoms with Crippen LogP contribution in [0.5, 0.6) is 0 Å². The fourth-order valence-electron chi connectivity index (χ4n) is 2.39. The molecular weight excluding hydrogens is 198 g/mol. The quantitative estimate of drug-likeness (QED) is 0.773. The van der Waals surface area contributed by atoms with E-state index in [9.17, 15) is 0 Å². The van der Waals surface area contributed by atoms with Gasteiger partial charge in [0, 0.05) is 12.6 Å². The lowest BCUT2D eigenvalue weighted by atomic mass is 10.0. The van der Waals surface area contributed by atoms with E-state index in [4.69, 9.17) is 10.5 Å². The van der Waals surface area contributed by atoms with Gasteiger partial charge in [0.25, 0.3) is 0 Å². The smallest absolute Gasteiger partial charge is 0.0716 e. The summed E-state index contributed by atoms with van der Waals surface area (Å²) in [5.74, 6) is 0.797. The van der Waals surface area contributed by atoms with Crippen LogP contribution in [-0.2, 0) is 11.3 Å². The second-order valence-corrected chi connectivity index (χ2v) is 4.77. The summed E-state index contributed by atoms with van der Waals surface area (Å²) in [6.45, 7) is 1.60. The molecule has 2 rings (SSSR count). The molecule has 0 unspecified atom stereocenters. The molecule has 0 saturated heterocycles. The SMILES string of the molecule is N[C@H]1CC[C@@H](CCOCc2ccccc2)C1. The number of hydrogen-bond acceptors (Lipinski definition) is 2. The molecule has 1 aromatic rings. The molecule has 0 bridgehead atoms. The third-order valence-corrected chi connectivity index (χ3v) is 3.36. The molecule has 16 heavy (non-hydrogen) atoms. The van der Waals surface area contributed by atoms with Gasteiger partial charge < -0.3 is 10.5 Å². The van der Waals surface area contributed by atoms with Crippen LogP contribution in [-0.4, -0.2) is 12.6 Å². The fraction of sp³-hybridized carbons (Fsp3) is 0.571. The predicted octanol–water partition coefficient (Wildman–Crippen LogP) is 2.72. The van der Waals surface area contributed by atoms with Crippen LogP contribution in [0.2, 0.25) is 0 Å². The van der Waals surface area contributed by atoms with Gasteiger partial charge in [0.05, 0.1) is 6.61 Å². The minimum Gasteiger partial charge on any atom is -0.377 e. The summed E-state index contributed by atoms with van der Waals surface area (Å²) in [6.07, 6.45) is 4.84. The van der Waals surface area contributed by atoms with Gasteiger partial charge in [-0.05, 0) is 37.2 Å². The van der Waals surface area contributed by atoms with Crippen molar-refractivity contribution < 1.29 is 4.74 Å². The van der Waals surface area contributed by atoms with E-state index in [0.717, 1.165) is 19.1 Å². The van der Waals surface area contributed by atoms with E-state index in [0.29, 0.717) is 6.04 Å². The van der Waals surface area contributed by atoms with E-state index in [2.05, 4.69) is 24.3 Å². The van der Waals surface area contributed by atoms with Gasteiger partial charge in [0.2, 0.25) is 0 Å². The Hall–Kier alpha value is -0.860. The van der Waals surface area contributed by atoms with Crippen molar-refractivity contribution in [2.24, 2.45) is 11.7 Å². The minimum atomic E-state index is 0.444. The average molecular weight is 219 g/mol. The molecular formula is C14H21NO. The van der Waals surface area contributed by atoms with Crippen molar-refractivity contribution in [1.29, 1.82) is 0 Å². The predicted molar refractivity (Wildman–Crippen MR) is 66.0 cm³/mol. The molecule has 0 aromatic heterocycles. The Morgan fingerprint density at radius 2 is 2.00 bits per heavy atom. The molecule has 1 aliphatic carbocycles. The summed E-state index contributed by atoms with van der Waals surface area (Å²) >= 11 is 0. The Labute approximate surface area is 97.8 Å². The zero-order valence-corrected chi connectivity index (χ0v) is 9.77. The van der Waals surface area contributed by atoms with E-state index in [-0.39, 0.29) is 0 Å². The van der Waals surface area contributed by atoms with Crippen molar-refractivity contribution in [3.8, 4) is 0 Å². The number of hydrogen-bond donors (Lipinski definition) is 1. The van der Waals surface area contributed by atoms with Crippen molar-refractivity contribution in [2.45, 2.75) is 38.3 Å². The maximum absolute atomic E-state index is 5.88. The number of benzene rings is 1. The molecule has 1 fully saturated rings. The van der Waals surface area contributed by atoms with Crippen LogP contribution in [0.4, 0.5) is 0 Å². The lowest BCUT2D eigenvalue weighted by molar-refractivity contribution is 0.107. The van der Waals surface area contributed by atoms with Gasteiger partial charge in [0.1, 0.15) is 0 Å². The Balaban J connectivity index is 1.59. The van der Waals surface area contributed by atoms with Gasteiger partial charge in [-0.1, -0.05) is 30.3 Å². The lowest BCUT2D eigenvalue weighted by Gasteiger charge is -2.09. The minimum absolute atomic E-state index is 0.444. The highest BCUT2D eigenvalue weighted by atomic mass is 16.5. The molecule has 1 aromatic carbocycles. The van der Waals surface area contributed by atoms with Crippen LogP contribution in [0.25, 0.3) is 0 Å². The first-order valence-electron chi connectivity index (χ1n) is 6.22. The highest BCUT2D eigenvalue weighted by molar-refractivity contribution is 5.13. The van der Waals surface area contributed by atoms with Crippen molar-refractivity contribution in [3.05, 3.63) is 35.9 Å². The normalized spacial score (nSPS) is 24.8. The Morgan fingerprint density at radius 3 is 2.69 bits per heavy atom. The molecule has 1 saturated carbocycles. The highest BCUT2D eigenvalue weighted by Crippen LogP contribution is 2.26. The molecule has 0 radical (unpaired) electrons. The van der Waals surface area contributed by atoms with Crippen LogP contribution in [0, 0.1) is 5.92 Å². The van der Waals surface area contributed by atoms with Crippen molar-refractivity contribution in [2.75, 3.05) is 6.61 Å². The van der Waals surface area contributed by atoms with Crippen LogP contribution < -0.4 is 5.73 Å². The molecule has 0 spiro atoms. The van der Waals surface area contributed by atoms with Crippen LogP contribution >= 0.6 is 0 Å². The van der Waals surface area contributed by atoms with E-state index < -0.39 is 0 Å². The first-order chi connectivity index (χ1) is 7.84. The third kappa shape index (κ3) is 3.62. The van der Waals surface area contributed by atoms with Gasteiger partial charge in [-0.25, -0.2) is 0 Å². The molecule has 0 heterocycles. The van der Waals surface area contributed by atoms with E-state index in [1.807, 2.05) is 6.07 Å². The van der Waals surface area contributed by atoms with Gasteiger partial charge in [-0.2, -0.15) is 0 Å². The maximum atomic E-state index is 5.88. The summed E-state index contributed by atoms with van der Waals surface area (Å²) in [5.41, 5.74) is 7.13. The molecule has 2 atom stereocenters. The summed E-state index contributed by atoms with van der Waals surface area (Å²) in [7, 11) is 0. The van der Waals surface area contributed by atoms with Crippen LogP contribution in [0.15, 0.2) is 30.3 Å². The van der Waals surface area contributed by atoms with Gasteiger partial charge in [0.15, 0.2) is 0 Å². The van der Waals surface area contributed by atoms with Crippen molar-refractivity contribution in [3.63, 3.8) is 0 Å².